The fraction of sp³-hybridized carbons (Fsp3) is 0.0769. The summed E-state index contributed by atoms with van der Waals surface area (Å²) in [5.74, 6) is -1.68. The van der Waals surface area contributed by atoms with Gasteiger partial charge in [-0.3, -0.25) is 9.78 Å². The van der Waals surface area contributed by atoms with Crippen molar-refractivity contribution in [3.05, 3.63) is 53.6 Å². The topological polar surface area (TPSA) is 68.0 Å². The van der Waals surface area contributed by atoms with Gasteiger partial charge in [-0.1, -0.05) is 0 Å². The summed E-state index contributed by atoms with van der Waals surface area (Å²) in [6, 6.07) is 3.90. The van der Waals surface area contributed by atoms with Gasteiger partial charge in [-0.25, -0.2) is 4.39 Å². The van der Waals surface area contributed by atoms with E-state index in [1.54, 1.807) is 0 Å². The molecular formula is C13H9F4N3O. The molecule has 0 atom stereocenters. The summed E-state index contributed by atoms with van der Waals surface area (Å²) in [6.45, 7) is 0. The van der Waals surface area contributed by atoms with E-state index >= 15 is 0 Å². The molecule has 2 aromatic rings. The monoisotopic (exact) mass is 299 g/mol. The summed E-state index contributed by atoms with van der Waals surface area (Å²) in [7, 11) is 0. The molecule has 1 amide bonds. The van der Waals surface area contributed by atoms with Gasteiger partial charge >= 0.3 is 6.18 Å². The second kappa shape index (κ2) is 5.39. The second-order valence-electron chi connectivity index (χ2n) is 4.11. The van der Waals surface area contributed by atoms with E-state index in [2.05, 4.69) is 10.3 Å². The number of hydrogen-bond acceptors (Lipinski definition) is 3. The number of benzene rings is 1. The zero-order valence-corrected chi connectivity index (χ0v) is 10.4. The number of nitrogens with one attached hydrogen (secondary N) is 1. The van der Waals surface area contributed by atoms with E-state index in [1.807, 2.05) is 0 Å². The van der Waals surface area contributed by atoms with Crippen molar-refractivity contribution < 1.29 is 22.4 Å². The van der Waals surface area contributed by atoms with Gasteiger partial charge in [0.15, 0.2) is 5.82 Å². The average Bonchev–Trinajstić information content (AvgIpc) is 2.40. The van der Waals surface area contributed by atoms with E-state index < -0.39 is 29.2 Å². The van der Waals surface area contributed by atoms with Crippen molar-refractivity contribution in [2.45, 2.75) is 6.18 Å². The summed E-state index contributed by atoms with van der Waals surface area (Å²) in [5.41, 5.74) is 3.16. The summed E-state index contributed by atoms with van der Waals surface area (Å²) in [5, 5.41) is 2.16. The first-order valence-electron chi connectivity index (χ1n) is 5.66. The molecule has 0 spiro atoms. The van der Waals surface area contributed by atoms with E-state index in [0.29, 0.717) is 6.07 Å². The highest BCUT2D eigenvalue weighted by molar-refractivity contribution is 6.04. The summed E-state index contributed by atoms with van der Waals surface area (Å²) in [6.07, 6.45) is -2.56. The molecule has 0 aliphatic rings. The Morgan fingerprint density at radius 3 is 2.57 bits per heavy atom. The summed E-state index contributed by atoms with van der Waals surface area (Å²) >= 11 is 0. The van der Waals surface area contributed by atoms with Crippen molar-refractivity contribution >= 4 is 17.3 Å². The van der Waals surface area contributed by atoms with Crippen molar-refractivity contribution in [3.8, 4) is 0 Å². The van der Waals surface area contributed by atoms with Crippen molar-refractivity contribution in [2.75, 3.05) is 11.1 Å². The number of alkyl halides is 3. The lowest BCUT2D eigenvalue weighted by atomic mass is 10.1. The van der Waals surface area contributed by atoms with Gasteiger partial charge in [0.25, 0.3) is 5.91 Å². The maximum Gasteiger partial charge on any atom is 0.418 e. The van der Waals surface area contributed by atoms with Crippen LogP contribution < -0.4 is 11.1 Å². The zero-order valence-electron chi connectivity index (χ0n) is 10.4. The largest absolute Gasteiger partial charge is 0.418 e. The number of nitrogen functional groups attached to an aromatic ring is 1. The minimum absolute atomic E-state index is 0.180. The normalized spacial score (nSPS) is 11.2. The highest BCUT2D eigenvalue weighted by Crippen LogP contribution is 2.34. The number of amides is 1. The summed E-state index contributed by atoms with van der Waals surface area (Å²) < 4.78 is 51.4. The van der Waals surface area contributed by atoms with Crippen molar-refractivity contribution in [1.29, 1.82) is 0 Å². The molecule has 0 fully saturated rings. The molecule has 0 radical (unpaired) electrons. The number of anilines is 2. The molecule has 0 aliphatic heterocycles. The minimum Gasteiger partial charge on any atom is -0.398 e. The van der Waals surface area contributed by atoms with E-state index in [-0.39, 0.29) is 11.3 Å². The standard InChI is InChI=1S/C13H9F4N3O/c14-9-6-19-4-3-11(9)20-12(21)7-1-2-10(18)8(5-7)13(15,16)17/h1-6H,18H2,(H,19,20,21). The molecule has 0 aliphatic carbocycles. The van der Waals surface area contributed by atoms with Crippen molar-refractivity contribution in [2.24, 2.45) is 0 Å². The quantitative estimate of drug-likeness (QED) is 0.661. The Morgan fingerprint density at radius 2 is 1.95 bits per heavy atom. The number of carbonyl (C=O) groups is 1. The van der Waals surface area contributed by atoms with Crippen LogP contribution in [0, 0.1) is 5.82 Å². The Labute approximate surface area is 116 Å². The summed E-state index contributed by atoms with van der Waals surface area (Å²) in [4.78, 5) is 15.3. The highest BCUT2D eigenvalue weighted by atomic mass is 19.4. The Bertz CT molecular complexity index is 685. The molecule has 0 saturated heterocycles. The second-order valence-corrected chi connectivity index (χ2v) is 4.11. The first-order valence-corrected chi connectivity index (χ1v) is 5.66. The van der Waals surface area contributed by atoms with Crippen LogP contribution in [0.4, 0.5) is 28.9 Å². The molecule has 0 unspecified atom stereocenters. The maximum absolute atomic E-state index is 13.3. The van der Waals surface area contributed by atoms with Gasteiger partial charge in [0.05, 0.1) is 17.4 Å². The van der Waals surface area contributed by atoms with Gasteiger partial charge in [-0.15, -0.1) is 0 Å². The Hall–Kier alpha value is -2.64. The first-order chi connectivity index (χ1) is 9.79. The number of aromatic nitrogens is 1. The number of rotatable bonds is 2. The molecule has 0 saturated carbocycles. The van der Waals surface area contributed by atoms with Gasteiger partial charge in [-0.2, -0.15) is 13.2 Å². The van der Waals surface area contributed by atoms with Crippen LogP contribution in [-0.4, -0.2) is 10.9 Å². The minimum atomic E-state index is -4.68. The predicted octanol–water partition coefficient (Wildman–Crippen LogP) is 3.07. The first kappa shape index (κ1) is 14.8. The van der Waals surface area contributed by atoms with E-state index in [0.717, 1.165) is 18.3 Å². The molecule has 4 nitrogen and oxygen atoms in total. The number of nitrogens with two attached hydrogens (primary N) is 1. The van der Waals surface area contributed by atoms with Crippen LogP contribution in [0.2, 0.25) is 0 Å². The zero-order chi connectivity index (χ0) is 15.6. The van der Waals surface area contributed by atoms with Crippen molar-refractivity contribution in [1.82, 2.24) is 4.98 Å². The number of carbonyl (C=O) groups excluding carboxylic acids is 1. The van der Waals surface area contributed by atoms with Crippen LogP contribution in [0.25, 0.3) is 0 Å². The predicted molar refractivity (Wildman–Crippen MR) is 68.0 cm³/mol. The molecule has 2 rings (SSSR count). The number of hydrogen-bond donors (Lipinski definition) is 2. The smallest absolute Gasteiger partial charge is 0.398 e. The maximum atomic E-state index is 13.3. The lowest BCUT2D eigenvalue weighted by Gasteiger charge is -2.12. The van der Waals surface area contributed by atoms with Crippen LogP contribution in [-0.2, 0) is 6.18 Å². The van der Waals surface area contributed by atoms with Gasteiger partial charge < -0.3 is 11.1 Å². The van der Waals surface area contributed by atoms with Crippen LogP contribution in [0.15, 0.2) is 36.7 Å². The molecule has 1 aromatic heterocycles. The van der Waals surface area contributed by atoms with Crippen LogP contribution in [0.3, 0.4) is 0 Å². The third-order valence-electron chi connectivity index (χ3n) is 2.64. The molecule has 3 N–H and O–H groups in total. The number of halogens is 4. The third-order valence-corrected chi connectivity index (χ3v) is 2.64. The van der Waals surface area contributed by atoms with Gasteiger partial charge in [-0.05, 0) is 24.3 Å². The SMILES string of the molecule is Nc1ccc(C(=O)Nc2ccncc2F)cc1C(F)(F)F. The average molecular weight is 299 g/mol. The van der Waals surface area contributed by atoms with Gasteiger partial charge in [0, 0.05) is 17.4 Å². The number of nitrogens with zero attached hydrogens (tertiary/aromatic N) is 1. The van der Waals surface area contributed by atoms with Crippen molar-refractivity contribution in [3.63, 3.8) is 0 Å². The fourth-order valence-corrected chi connectivity index (χ4v) is 1.61. The highest BCUT2D eigenvalue weighted by Gasteiger charge is 2.33. The van der Waals surface area contributed by atoms with E-state index in [1.165, 1.54) is 12.3 Å². The molecule has 110 valence electrons. The Balaban J connectivity index is 2.31. The van der Waals surface area contributed by atoms with E-state index in [4.69, 9.17) is 5.73 Å². The Morgan fingerprint density at radius 1 is 1.24 bits per heavy atom. The molecular weight excluding hydrogens is 290 g/mol. The Kier molecular flexibility index (Phi) is 3.79. The van der Waals surface area contributed by atoms with Gasteiger partial charge in [0.2, 0.25) is 0 Å². The molecule has 21 heavy (non-hydrogen) atoms. The number of pyridine rings is 1. The van der Waals surface area contributed by atoms with Gasteiger partial charge in [0.1, 0.15) is 0 Å². The molecule has 1 heterocycles. The lowest BCUT2D eigenvalue weighted by molar-refractivity contribution is -0.136. The van der Waals surface area contributed by atoms with E-state index in [9.17, 15) is 22.4 Å². The van der Waals surface area contributed by atoms with Crippen LogP contribution >= 0.6 is 0 Å². The lowest BCUT2D eigenvalue weighted by Crippen LogP contribution is -2.16. The molecule has 1 aromatic carbocycles. The van der Waals surface area contributed by atoms with Crippen LogP contribution in [0.5, 0.6) is 0 Å². The fourth-order valence-electron chi connectivity index (χ4n) is 1.61. The molecule has 8 heteroatoms. The van der Waals surface area contributed by atoms with Crippen LogP contribution in [0.1, 0.15) is 15.9 Å². The molecule has 0 bridgehead atoms. The third kappa shape index (κ3) is 3.28.